The molecule has 1 aromatic carbocycles. The van der Waals surface area contributed by atoms with E-state index in [-0.39, 0.29) is 12.5 Å². The van der Waals surface area contributed by atoms with E-state index in [2.05, 4.69) is 4.98 Å². The van der Waals surface area contributed by atoms with Crippen LogP contribution in [-0.4, -0.2) is 40.6 Å². The minimum atomic E-state index is -1.18. The summed E-state index contributed by atoms with van der Waals surface area (Å²) >= 11 is 0. The summed E-state index contributed by atoms with van der Waals surface area (Å²) in [6.07, 6.45) is 1.65. The zero-order valence-corrected chi connectivity index (χ0v) is 11.6. The molecule has 2 aromatic rings. The number of aliphatic carboxylic acids is 1. The first-order chi connectivity index (χ1) is 9.91. The molecule has 112 valence electrons. The Hall–Kier alpha value is -2.38. The number of nitrogens with one attached hydrogen (secondary N) is 1. The van der Waals surface area contributed by atoms with Crippen LogP contribution in [0.5, 0.6) is 0 Å². The van der Waals surface area contributed by atoms with Crippen LogP contribution in [0.25, 0.3) is 10.9 Å². The molecule has 21 heavy (non-hydrogen) atoms. The van der Waals surface area contributed by atoms with Gasteiger partial charge in [0.05, 0.1) is 18.3 Å². The Labute approximate surface area is 121 Å². The molecule has 1 heterocycles. The highest BCUT2D eigenvalue weighted by molar-refractivity contribution is 6.05. The average Bonchev–Trinajstić information content (AvgIpc) is 2.87. The molecule has 0 aliphatic rings. The lowest BCUT2D eigenvalue weighted by Crippen LogP contribution is -2.49. The van der Waals surface area contributed by atoms with E-state index in [0.717, 1.165) is 10.9 Å². The number of carbonyl (C=O) groups excluding carboxylic acids is 1. The van der Waals surface area contributed by atoms with Crippen LogP contribution >= 0.6 is 0 Å². The fourth-order valence-corrected chi connectivity index (χ4v) is 2.11. The van der Waals surface area contributed by atoms with Gasteiger partial charge in [0.1, 0.15) is 6.04 Å². The number of aromatic nitrogens is 1. The number of carboxylic acid groups (broad SMARTS) is 1. The van der Waals surface area contributed by atoms with Gasteiger partial charge in [0.25, 0.3) is 0 Å². The summed E-state index contributed by atoms with van der Waals surface area (Å²) in [6.45, 7) is 1.41. The number of nitrogens with zero attached hydrogens (tertiary/aromatic N) is 1. The highest BCUT2D eigenvalue weighted by atomic mass is 16.4. The fraction of sp³-hybridized carbons (Fsp3) is 0.286. The topological polar surface area (TPSA) is 125 Å². The van der Waals surface area contributed by atoms with E-state index in [4.69, 9.17) is 16.6 Å². The quantitative estimate of drug-likeness (QED) is 0.628. The van der Waals surface area contributed by atoms with Gasteiger partial charge in [-0.05, 0) is 13.0 Å². The van der Waals surface area contributed by atoms with Crippen molar-refractivity contribution in [2.75, 3.05) is 11.4 Å². The van der Waals surface area contributed by atoms with Gasteiger partial charge in [0, 0.05) is 17.1 Å². The average molecular weight is 290 g/mol. The van der Waals surface area contributed by atoms with Gasteiger partial charge in [-0.2, -0.15) is 0 Å². The number of anilines is 1. The molecule has 0 spiro atoms. The van der Waals surface area contributed by atoms with Crippen molar-refractivity contribution in [2.45, 2.75) is 19.0 Å². The summed E-state index contributed by atoms with van der Waals surface area (Å²) in [5.41, 5.74) is 12.6. The Kier molecular flexibility index (Phi) is 4.25. The van der Waals surface area contributed by atoms with Gasteiger partial charge in [-0.15, -0.1) is 0 Å². The van der Waals surface area contributed by atoms with Crippen LogP contribution in [0.15, 0.2) is 30.5 Å². The minimum absolute atomic E-state index is 0.141. The van der Waals surface area contributed by atoms with E-state index >= 15 is 0 Å². The van der Waals surface area contributed by atoms with Gasteiger partial charge in [-0.3, -0.25) is 9.59 Å². The van der Waals surface area contributed by atoms with E-state index in [9.17, 15) is 9.59 Å². The lowest BCUT2D eigenvalue weighted by molar-refractivity contribution is -0.138. The molecule has 0 saturated heterocycles. The molecular formula is C14H18N4O3. The molecule has 6 N–H and O–H groups in total. The second-order valence-corrected chi connectivity index (χ2v) is 4.90. The number of H-pyrrole nitrogens is 1. The molecule has 2 rings (SSSR count). The van der Waals surface area contributed by atoms with Gasteiger partial charge in [-0.25, -0.2) is 0 Å². The van der Waals surface area contributed by atoms with Gasteiger partial charge in [0.2, 0.25) is 5.91 Å². The third-order valence-corrected chi connectivity index (χ3v) is 3.21. The predicted molar refractivity (Wildman–Crippen MR) is 79.9 cm³/mol. The molecule has 0 bridgehead atoms. The van der Waals surface area contributed by atoms with Gasteiger partial charge >= 0.3 is 5.97 Å². The number of carboxylic acids is 1. The molecule has 2 atom stereocenters. The van der Waals surface area contributed by atoms with Crippen molar-refractivity contribution in [3.63, 3.8) is 0 Å². The Morgan fingerprint density at radius 3 is 2.62 bits per heavy atom. The molecule has 7 heteroatoms. The van der Waals surface area contributed by atoms with Crippen LogP contribution < -0.4 is 16.4 Å². The number of hydrogen-bond acceptors (Lipinski definition) is 4. The third-order valence-electron chi connectivity index (χ3n) is 3.21. The minimum Gasteiger partial charge on any atom is -0.480 e. The van der Waals surface area contributed by atoms with Crippen LogP contribution in [0, 0.1) is 0 Å². The van der Waals surface area contributed by atoms with E-state index in [0.29, 0.717) is 5.69 Å². The van der Waals surface area contributed by atoms with Crippen LogP contribution in [0.4, 0.5) is 5.69 Å². The number of para-hydroxylation sites is 1. The number of nitrogens with two attached hydrogens (primary N) is 2. The lowest BCUT2D eigenvalue weighted by Gasteiger charge is -2.25. The number of amides is 1. The fourth-order valence-electron chi connectivity index (χ4n) is 2.11. The Balaban J connectivity index is 2.43. The van der Waals surface area contributed by atoms with Crippen molar-refractivity contribution in [3.8, 4) is 0 Å². The second kappa shape index (κ2) is 5.94. The summed E-state index contributed by atoms with van der Waals surface area (Å²) in [4.78, 5) is 27.6. The van der Waals surface area contributed by atoms with E-state index < -0.39 is 18.1 Å². The molecule has 0 saturated carbocycles. The molecule has 0 fully saturated rings. The van der Waals surface area contributed by atoms with Crippen LogP contribution in [-0.2, 0) is 9.59 Å². The van der Waals surface area contributed by atoms with Crippen molar-refractivity contribution in [3.05, 3.63) is 30.5 Å². The number of hydrogen-bond donors (Lipinski definition) is 4. The molecule has 0 aliphatic heterocycles. The number of carbonyl (C=O) groups is 2. The van der Waals surface area contributed by atoms with Gasteiger partial charge in [0.15, 0.2) is 0 Å². The largest absolute Gasteiger partial charge is 0.480 e. The molecule has 0 unspecified atom stereocenters. The van der Waals surface area contributed by atoms with Crippen molar-refractivity contribution in [1.29, 1.82) is 0 Å². The first kappa shape index (κ1) is 15.0. The van der Waals surface area contributed by atoms with Crippen molar-refractivity contribution in [2.24, 2.45) is 11.5 Å². The molecule has 1 aromatic heterocycles. The molecular weight excluding hydrogens is 272 g/mol. The normalized spacial score (nSPS) is 13.9. The molecule has 1 amide bonds. The highest BCUT2D eigenvalue weighted by Crippen LogP contribution is 2.27. The first-order valence-electron chi connectivity index (χ1n) is 6.53. The molecule has 0 aliphatic carbocycles. The van der Waals surface area contributed by atoms with Crippen LogP contribution in [0.2, 0.25) is 0 Å². The first-order valence-corrected chi connectivity index (χ1v) is 6.53. The zero-order chi connectivity index (χ0) is 15.6. The standard InChI is InChI=1S/C14H18N4O3/c1-8(15)13(19)18(7-10(16)14(20)21)12-6-17-11-5-3-2-4-9(11)12/h2-6,8,10,17H,7,15-16H2,1H3,(H,20,21)/t8-,10-/m0/s1. The molecule has 7 nitrogen and oxygen atoms in total. The summed E-state index contributed by atoms with van der Waals surface area (Å²) in [5.74, 6) is -1.55. The Bertz CT molecular complexity index is 665. The summed E-state index contributed by atoms with van der Waals surface area (Å²) in [5, 5.41) is 9.77. The summed E-state index contributed by atoms with van der Waals surface area (Å²) in [6, 6.07) is 5.48. The van der Waals surface area contributed by atoms with Crippen LogP contribution in [0.1, 0.15) is 6.92 Å². The smallest absolute Gasteiger partial charge is 0.322 e. The van der Waals surface area contributed by atoms with E-state index in [1.807, 2.05) is 24.3 Å². The predicted octanol–water partition coefficient (Wildman–Crippen LogP) is 0.260. The lowest BCUT2D eigenvalue weighted by atomic mass is 10.2. The number of aromatic amines is 1. The monoisotopic (exact) mass is 290 g/mol. The summed E-state index contributed by atoms with van der Waals surface area (Å²) in [7, 11) is 0. The SMILES string of the molecule is C[C@H](N)C(=O)N(C[C@H](N)C(=O)O)c1c[nH]c2ccccc12. The second-order valence-electron chi connectivity index (χ2n) is 4.90. The number of fused-ring (bicyclic) bond motifs is 1. The van der Waals surface area contributed by atoms with E-state index in [1.165, 1.54) is 4.90 Å². The van der Waals surface area contributed by atoms with Crippen molar-refractivity contribution >= 4 is 28.5 Å². The summed E-state index contributed by atoms with van der Waals surface area (Å²) < 4.78 is 0. The van der Waals surface area contributed by atoms with Gasteiger partial charge in [-0.1, -0.05) is 18.2 Å². The maximum absolute atomic E-state index is 12.3. The Morgan fingerprint density at radius 2 is 2.00 bits per heavy atom. The zero-order valence-electron chi connectivity index (χ0n) is 11.6. The van der Waals surface area contributed by atoms with E-state index in [1.54, 1.807) is 13.1 Å². The van der Waals surface area contributed by atoms with Crippen molar-refractivity contribution < 1.29 is 14.7 Å². The number of benzene rings is 1. The Morgan fingerprint density at radius 1 is 1.33 bits per heavy atom. The third kappa shape index (κ3) is 3.04. The number of rotatable bonds is 5. The van der Waals surface area contributed by atoms with Gasteiger partial charge < -0.3 is 26.5 Å². The maximum atomic E-state index is 12.3. The molecule has 0 radical (unpaired) electrons. The maximum Gasteiger partial charge on any atom is 0.322 e. The van der Waals surface area contributed by atoms with Crippen LogP contribution in [0.3, 0.4) is 0 Å². The highest BCUT2D eigenvalue weighted by Gasteiger charge is 2.26. The van der Waals surface area contributed by atoms with Crippen molar-refractivity contribution in [1.82, 2.24) is 4.98 Å².